The highest BCUT2D eigenvalue weighted by Crippen LogP contribution is 2.34. The van der Waals surface area contributed by atoms with Crippen LogP contribution in [0.15, 0.2) is 47.4 Å². The predicted molar refractivity (Wildman–Crippen MR) is 94.0 cm³/mol. The van der Waals surface area contributed by atoms with Crippen LogP contribution in [-0.2, 0) is 11.3 Å². The van der Waals surface area contributed by atoms with Gasteiger partial charge in [0.1, 0.15) is 0 Å². The first-order valence-electron chi connectivity index (χ1n) is 8.13. The van der Waals surface area contributed by atoms with E-state index < -0.39 is 5.97 Å². The molecule has 0 bridgehead atoms. The third-order valence-electron chi connectivity index (χ3n) is 4.22. The van der Waals surface area contributed by atoms with Crippen LogP contribution in [0.2, 0.25) is 0 Å². The van der Waals surface area contributed by atoms with Crippen LogP contribution < -0.4 is 10.9 Å². The number of carboxylic acids is 1. The smallest absolute Gasteiger partial charge is 0.303 e. The van der Waals surface area contributed by atoms with Crippen LogP contribution in [0.5, 0.6) is 0 Å². The number of rotatable bonds is 5. The number of fused-ring (bicyclic) bond motifs is 2. The first kappa shape index (κ1) is 16.1. The summed E-state index contributed by atoms with van der Waals surface area (Å²) in [6, 6.07) is 9.94. The van der Waals surface area contributed by atoms with Crippen molar-refractivity contribution in [3.63, 3.8) is 0 Å². The third kappa shape index (κ3) is 3.40. The number of aromatic nitrogens is 1. The zero-order chi connectivity index (χ0) is 16.9. The number of benzene rings is 1. The van der Waals surface area contributed by atoms with E-state index in [0.717, 1.165) is 40.8 Å². The van der Waals surface area contributed by atoms with Crippen LogP contribution in [0.1, 0.15) is 42.4 Å². The first-order chi connectivity index (χ1) is 11.7. The SMILES string of the molecule is O=C(O)CCCCC=C1c2ccccc2NCc2c1cc[nH]c2=O. The van der Waals surface area contributed by atoms with Gasteiger partial charge in [0.15, 0.2) is 0 Å². The van der Waals surface area contributed by atoms with Gasteiger partial charge in [0.2, 0.25) is 0 Å². The van der Waals surface area contributed by atoms with Gasteiger partial charge in [0.05, 0.1) is 0 Å². The topological polar surface area (TPSA) is 82.2 Å². The van der Waals surface area contributed by atoms with E-state index in [4.69, 9.17) is 5.11 Å². The summed E-state index contributed by atoms with van der Waals surface area (Å²) in [5.74, 6) is -0.761. The van der Waals surface area contributed by atoms with E-state index in [9.17, 15) is 9.59 Å². The Hall–Kier alpha value is -2.82. The van der Waals surface area contributed by atoms with Crippen molar-refractivity contribution in [2.75, 3.05) is 5.32 Å². The molecule has 1 aliphatic rings. The number of allylic oxidation sites excluding steroid dienone is 1. The molecule has 0 unspecified atom stereocenters. The molecule has 0 saturated carbocycles. The van der Waals surface area contributed by atoms with E-state index in [1.54, 1.807) is 6.20 Å². The van der Waals surface area contributed by atoms with Gasteiger partial charge in [-0.15, -0.1) is 0 Å². The van der Waals surface area contributed by atoms with Gasteiger partial charge in [0.25, 0.3) is 5.56 Å². The average molecular weight is 324 g/mol. The molecule has 3 N–H and O–H groups in total. The molecule has 0 radical (unpaired) electrons. The number of aliphatic carboxylic acids is 1. The van der Waals surface area contributed by atoms with Crippen molar-refractivity contribution in [2.24, 2.45) is 0 Å². The normalized spacial score (nSPS) is 14.4. The highest BCUT2D eigenvalue weighted by Gasteiger charge is 2.19. The van der Waals surface area contributed by atoms with E-state index in [-0.39, 0.29) is 12.0 Å². The number of carboxylic acid groups (broad SMARTS) is 1. The fraction of sp³-hybridized carbons (Fsp3) is 0.263. The molecule has 2 heterocycles. The van der Waals surface area contributed by atoms with Crippen LogP contribution in [-0.4, -0.2) is 16.1 Å². The van der Waals surface area contributed by atoms with Crippen LogP contribution in [0, 0.1) is 0 Å². The standard InChI is InChI=1S/C19H20N2O3/c22-18(23)9-3-1-2-6-13-14-10-11-20-19(24)16(14)12-21-17-8-5-4-7-15(13)17/h4-8,10-11,21H,1-3,9,12H2,(H,20,24)(H,22,23). The molecule has 5 nitrogen and oxygen atoms in total. The lowest BCUT2D eigenvalue weighted by molar-refractivity contribution is -0.137. The molecule has 0 amide bonds. The zero-order valence-corrected chi connectivity index (χ0v) is 13.3. The molecule has 124 valence electrons. The maximum atomic E-state index is 12.2. The molecule has 0 aliphatic carbocycles. The van der Waals surface area contributed by atoms with E-state index in [0.29, 0.717) is 13.0 Å². The molecular formula is C19H20N2O3. The Morgan fingerprint density at radius 1 is 1.17 bits per heavy atom. The van der Waals surface area contributed by atoms with Crippen LogP contribution in [0.25, 0.3) is 5.57 Å². The summed E-state index contributed by atoms with van der Waals surface area (Å²) < 4.78 is 0. The Bertz CT molecular complexity index is 837. The molecule has 2 aromatic rings. The quantitative estimate of drug-likeness (QED) is 0.736. The number of carbonyl (C=O) groups is 1. The van der Waals surface area contributed by atoms with Crippen molar-refractivity contribution < 1.29 is 9.90 Å². The van der Waals surface area contributed by atoms with Gasteiger partial charge in [-0.2, -0.15) is 0 Å². The molecule has 3 rings (SSSR count). The van der Waals surface area contributed by atoms with E-state index in [1.807, 2.05) is 30.3 Å². The molecule has 1 aromatic carbocycles. The number of H-pyrrole nitrogens is 1. The molecule has 1 aliphatic heterocycles. The highest BCUT2D eigenvalue weighted by atomic mass is 16.4. The van der Waals surface area contributed by atoms with Crippen molar-refractivity contribution >= 4 is 17.2 Å². The van der Waals surface area contributed by atoms with Gasteiger partial charge in [0, 0.05) is 36.0 Å². The molecule has 0 atom stereocenters. The predicted octanol–water partition coefficient (Wildman–Crippen LogP) is 3.38. The van der Waals surface area contributed by atoms with E-state index in [1.165, 1.54) is 0 Å². The van der Waals surface area contributed by atoms with Crippen LogP contribution in [0.3, 0.4) is 0 Å². The van der Waals surface area contributed by atoms with Gasteiger partial charge in [-0.05, 0) is 42.5 Å². The Morgan fingerprint density at radius 2 is 2.00 bits per heavy atom. The molecule has 0 fully saturated rings. The minimum atomic E-state index is -0.761. The maximum absolute atomic E-state index is 12.2. The number of para-hydroxylation sites is 1. The van der Waals surface area contributed by atoms with Gasteiger partial charge < -0.3 is 15.4 Å². The third-order valence-corrected chi connectivity index (χ3v) is 4.22. The number of hydrogen-bond donors (Lipinski definition) is 3. The fourth-order valence-corrected chi connectivity index (χ4v) is 3.03. The monoisotopic (exact) mass is 324 g/mol. The van der Waals surface area contributed by atoms with Crippen molar-refractivity contribution in [3.8, 4) is 0 Å². The highest BCUT2D eigenvalue weighted by molar-refractivity contribution is 5.88. The molecule has 0 spiro atoms. The lowest BCUT2D eigenvalue weighted by Gasteiger charge is -2.11. The summed E-state index contributed by atoms with van der Waals surface area (Å²) >= 11 is 0. The number of nitrogens with one attached hydrogen (secondary N) is 2. The van der Waals surface area contributed by atoms with Crippen molar-refractivity contribution in [1.82, 2.24) is 4.98 Å². The van der Waals surface area contributed by atoms with Crippen LogP contribution in [0.4, 0.5) is 5.69 Å². The van der Waals surface area contributed by atoms with Gasteiger partial charge in [-0.1, -0.05) is 24.3 Å². The summed E-state index contributed by atoms with van der Waals surface area (Å²) in [5, 5.41) is 12.1. The number of pyridine rings is 1. The average Bonchev–Trinajstić information content (AvgIpc) is 2.73. The second-order valence-corrected chi connectivity index (χ2v) is 5.86. The summed E-state index contributed by atoms with van der Waals surface area (Å²) in [4.78, 5) is 25.5. The lowest BCUT2D eigenvalue weighted by Crippen LogP contribution is -2.16. The van der Waals surface area contributed by atoms with Crippen molar-refractivity contribution in [1.29, 1.82) is 0 Å². The number of hydrogen-bond acceptors (Lipinski definition) is 3. The van der Waals surface area contributed by atoms with E-state index >= 15 is 0 Å². The van der Waals surface area contributed by atoms with Gasteiger partial charge >= 0.3 is 5.97 Å². The minimum absolute atomic E-state index is 0.0791. The summed E-state index contributed by atoms with van der Waals surface area (Å²) in [5.41, 5.74) is 4.70. The number of unbranched alkanes of at least 4 members (excludes halogenated alkanes) is 2. The second kappa shape index (κ2) is 7.17. The lowest BCUT2D eigenvalue weighted by atomic mass is 9.94. The number of anilines is 1. The Kier molecular flexibility index (Phi) is 4.79. The zero-order valence-electron chi connectivity index (χ0n) is 13.3. The Morgan fingerprint density at radius 3 is 2.83 bits per heavy atom. The fourth-order valence-electron chi connectivity index (χ4n) is 3.03. The molecule has 5 heteroatoms. The molecule has 24 heavy (non-hydrogen) atoms. The largest absolute Gasteiger partial charge is 0.481 e. The maximum Gasteiger partial charge on any atom is 0.303 e. The summed E-state index contributed by atoms with van der Waals surface area (Å²) in [6.07, 6.45) is 6.23. The minimum Gasteiger partial charge on any atom is -0.481 e. The summed E-state index contributed by atoms with van der Waals surface area (Å²) in [6.45, 7) is 0.485. The molecule has 0 saturated heterocycles. The molecule has 1 aromatic heterocycles. The Labute approximate surface area is 140 Å². The van der Waals surface area contributed by atoms with E-state index in [2.05, 4.69) is 16.4 Å². The van der Waals surface area contributed by atoms with Gasteiger partial charge in [-0.3, -0.25) is 9.59 Å². The Balaban J connectivity index is 1.95. The van der Waals surface area contributed by atoms with Crippen molar-refractivity contribution in [3.05, 3.63) is 69.6 Å². The van der Waals surface area contributed by atoms with Crippen LogP contribution >= 0.6 is 0 Å². The molecular weight excluding hydrogens is 304 g/mol. The summed E-state index contributed by atoms with van der Waals surface area (Å²) in [7, 11) is 0. The number of aromatic amines is 1. The van der Waals surface area contributed by atoms with Crippen molar-refractivity contribution in [2.45, 2.75) is 32.2 Å². The first-order valence-corrected chi connectivity index (χ1v) is 8.13. The van der Waals surface area contributed by atoms with Gasteiger partial charge in [-0.25, -0.2) is 0 Å². The second-order valence-electron chi connectivity index (χ2n) is 5.86.